The van der Waals surface area contributed by atoms with Crippen molar-refractivity contribution >= 4 is 28.7 Å². The van der Waals surface area contributed by atoms with Gasteiger partial charge in [-0.2, -0.15) is 0 Å². The van der Waals surface area contributed by atoms with Crippen molar-refractivity contribution in [3.8, 4) is 11.5 Å². The van der Waals surface area contributed by atoms with Crippen LogP contribution in [0.4, 0.5) is 5.69 Å². The molecule has 0 saturated heterocycles. The molecule has 0 aliphatic carbocycles. The molecule has 0 atom stereocenters. The molecule has 0 fully saturated rings. The number of amides is 1. The van der Waals surface area contributed by atoms with Gasteiger partial charge in [-0.15, -0.1) is 11.3 Å². The molecule has 0 unspecified atom stereocenters. The van der Waals surface area contributed by atoms with Crippen LogP contribution in [0.3, 0.4) is 0 Å². The molecule has 0 radical (unpaired) electrons. The van der Waals surface area contributed by atoms with E-state index in [1.54, 1.807) is 32.4 Å². The number of hydrogen-bond acceptors (Lipinski definition) is 6. The van der Waals surface area contributed by atoms with Crippen molar-refractivity contribution in [1.29, 1.82) is 0 Å². The second kappa shape index (κ2) is 10.3. The first-order chi connectivity index (χ1) is 13.9. The fourth-order valence-corrected chi connectivity index (χ4v) is 3.66. The number of carbonyl (C=O) groups excluding carboxylic acids is 2. The standard InChI is InChI=1S/C13H14N2O2S.C9H10O2/c1-17-11-5-3-2-4-8(11)6-9-7-10(14)12(18-9)13(15)16;1-7(10)8-5-3-4-6-9(8)11-2/h2-5,7H,6,14H2,1H3,(H2,15,16);3-6H,1-2H3. The van der Waals surface area contributed by atoms with Crippen LogP contribution in [0.1, 0.15) is 37.4 Å². The Bertz CT molecular complexity index is 998. The minimum Gasteiger partial charge on any atom is -0.496 e. The lowest BCUT2D eigenvalue weighted by atomic mass is 10.1. The van der Waals surface area contributed by atoms with Crippen LogP contribution in [0.2, 0.25) is 0 Å². The van der Waals surface area contributed by atoms with Crippen LogP contribution in [-0.2, 0) is 6.42 Å². The monoisotopic (exact) mass is 412 g/mol. The highest BCUT2D eigenvalue weighted by atomic mass is 32.1. The number of methoxy groups -OCH3 is 2. The Morgan fingerprint density at radius 2 is 1.55 bits per heavy atom. The second-order valence-electron chi connectivity index (χ2n) is 6.11. The van der Waals surface area contributed by atoms with E-state index in [-0.39, 0.29) is 5.78 Å². The zero-order valence-corrected chi connectivity index (χ0v) is 17.4. The van der Waals surface area contributed by atoms with Gasteiger partial charge in [0.2, 0.25) is 0 Å². The molecule has 0 saturated carbocycles. The zero-order valence-electron chi connectivity index (χ0n) is 16.6. The molecule has 1 amide bonds. The fraction of sp³-hybridized carbons (Fsp3) is 0.182. The van der Waals surface area contributed by atoms with Crippen molar-refractivity contribution in [3.05, 3.63) is 75.5 Å². The average Bonchev–Trinajstić information content (AvgIpc) is 3.09. The number of para-hydroxylation sites is 2. The average molecular weight is 413 g/mol. The summed E-state index contributed by atoms with van der Waals surface area (Å²) in [5.74, 6) is 1.01. The minimum absolute atomic E-state index is 0.0300. The number of hydrogen-bond donors (Lipinski definition) is 2. The van der Waals surface area contributed by atoms with Gasteiger partial charge in [-0.05, 0) is 36.8 Å². The molecule has 0 spiro atoms. The SMILES string of the molecule is COc1ccccc1C(C)=O.COc1ccccc1Cc1cc(N)c(C(N)=O)s1. The first-order valence-electron chi connectivity index (χ1n) is 8.81. The number of benzene rings is 2. The Morgan fingerprint density at radius 3 is 2.07 bits per heavy atom. The van der Waals surface area contributed by atoms with Crippen LogP contribution in [0, 0.1) is 0 Å². The van der Waals surface area contributed by atoms with Gasteiger partial charge in [-0.1, -0.05) is 30.3 Å². The summed E-state index contributed by atoms with van der Waals surface area (Å²) in [6.07, 6.45) is 0.673. The number of Topliss-reactive ketones (excluding diaryl/α,β-unsaturated/α-hetero) is 1. The molecular weight excluding hydrogens is 388 g/mol. The van der Waals surface area contributed by atoms with Crippen LogP contribution in [0.5, 0.6) is 11.5 Å². The molecule has 3 rings (SSSR count). The summed E-state index contributed by atoms with van der Waals surface area (Å²) in [4.78, 5) is 23.5. The normalized spacial score (nSPS) is 9.90. The van der Waals surface area contributed by atoms with Crippen LogP contribution in [0.25, 0.3) is 0 Å². The molecule has 4 N–H and O–H groups in total. The largest absolute Gasteiger partial charge is 0.496 e. The number of nitrogen functional groups attached to an aromatic ring is 1. The lowest BCUT2D eigenvalue weighted by molar-refractivity contribution is 0.0998. The highest BCUT2D eigenvalue weighted by Gasteiger charge is 2.12. The first-order valence-corrected chi connectivity index (χ1v) is 9.62. The maximum absolute atomic E-state index is 11.1. The number of primary amides is 1. The Kier molecular flexibility index (Phi) is 7.79. The quantitative estimate of drug-likeness (QED) is 0.597. The van der Waals surface area contributed by atoms with Gasteiger partial charge in [0.05, 0.1) is 25.5 Å². The maximum Gasteiger partial charge on any atom is 0.260 e. The summed E-state index contributed by atoms with van der Waals surface area (Å²) in [7, 11) is 3.19. The van der Waals surface area contributed by atoms with E-state index in [4.69, 9.17) is 20.9 Å². The van der Waals surface area contributed by atoms with Crippen molar-refractivity contribution in [1.82, 2.24) is 0 Å². The molecule has 1 heterocycles. The van der Waals surface area contributed by atoms with Gasteiger partial charge in [0.25, 0.3) is 5.91 Å². The number of ketones is 1. The predicted octanol–water partition coefficient (Wildman–Crippen LogP) is 3.93. The third-order valence-electron chi connectivity index (χ3n) is 4.08. The molecular formula is C22H24N2O4S. The van der Waals surface area contributed by atoms with E-state index >= 15 is 0 Å². The molecule has 2 aromatic carbocycles. The number of rotatable bonds is 6. The third-order valence-corrected chi connectivity index (χ3v) is 5.24. The number of nitrogens with two attached hydrogens (primary N) is 2. The summed E-state index contributed by atoms with van der Waals surface area (Å²) >= 11 is 1.33. The van der Waals surface area contributed by atoms with Gasteiger partial charge in [0.1, 0.15) is 16.4 Å². The van der Waals surface area contributed by atoms with E-state index in [0.29, 0.717) is 28.3 Å². The molecule has 1 aromatic heterocycles. The topological polar surface area (TPSA) is 105 Å². The van der Waals surface area contributed by atoms with E-state index in [1.165, 1.54) is 18.3 Å². The third kappa shape index (κ3) is 5.83. The van der Waals surface area contributed by atoms with Crippen LogP contribution in [0.15, 0.2) is 54.6 Å². The van der Waals surface area contributed by atoms with Crippen LogP contribution >= 0.6 is 11.3 Å². The second-order valence-corrected chi connectivity index (χ2v) is 7.24. The summed E-state index contributed by atoms with van der Waals surface area (Å²) < 4.78 is 10.3. The molecule has 0 aliphatic heterocycles. The predicted molar refractivity (Wildman–Crippen MR) is 116 cm³/mol. The molecule has 152 valence electrons. The minimum atomic E-state index is -0.483. The summed E-state index contributed by atoms with van der Waals surface area (Å²) in [6, 6.07) is 16.7. The van der Waals surface area contributed by atoms with E-state index < -0.39 is 5.91 Å². The molecule has 6 nitrogen and oxygen atoms in total. The molecule has 7 heteroatoms. The van der Waals surface area contributed by atoms with Gasteiger partial charge in [-0.3, -0.25) is 9.59 Å². The summed E-state index contributed by atoms with van der Waals surface area (Å²) in [5.41, 5.74) is 13.1. The Labute approximate surface area is 174 Å². The van der Waals surface area contributed by atoms with Crippen molar-refractivity contribution in [2.24, 2.45) is 5.73 Å². The van der Waals surface area contributed by atoms with E-state index in [1.807, 2.05) is 36.4 Å². The smallest absolute Gasteiger partial charge is 0.260 e. The Hall–Kier alpha value is -3.32. The lowest BCUT2D eigenvalue weighted by Crippen LogP contribution is -2.10. The lowest BCUT2D eigenvalue weighted by Gasteiger charge is -2.06. The van der Waals surface area contributed by atoms with Gasteiger partial charge in [0, 0.05) is 11.3 Å². The Balaban J connectivity index is 0.000000234. The number of ether oxygens (including phenoxy) is 2. The fourth-order valence-electron chi connectivity index (χ4n) is 2.71. The molecule has 0 bridgehead atoms. The van der Waals surface area contributed by atoms with Gasteiger partial charge < -0.3 is 20.9 Å². The highest BCUT2D eigenvalue weighted by Crippen LogP contribution is 2.29. The van der Waals surface area contributed by atoms with Crippen LogP contribution < -0.4 is 20.9 Å². The van der Waals surface area contributed by atoms with Crippen molar-refractivity contribution in [2.45, 2.75) is 13.3 Å². The maximum atomic E-state index is 11.1. The van der Waals surface area contributed by atoms with Crippen molar-refractivity contribution in [2.75, 3.05) is 20.0 Å². The van der Waals surface area contributed by atoms with Gasteiger partial charge >= 0.3 is 0 Å². The zero-order chi connectivity index (χ0) is 21.4. The molecule has 3 aromatic rings. The highest BCUT2D eigenvalue weighted by molar-refractivity contribution is 7.14. The number of thiophene rings is 1. The van der Waals surface area contributed by atoms with Crippen molar-refractivity contribution < 1.29 is 19.1 Å². The van der Waals surface area contributed by atoms with Crippen LogP contribution in [-0.4, -0.2) is 25.9 Å². The summed E-state index contributed by atoms with van der Waals surface area (Å²) in [5, 5.41) is 0. The van der Waals surface area contributed by atoms with E-state index in [0.717, 1.165) is 16.2 Å². The summed E-state index contributed by atoms with van der Waals surface area (Å²) in [6.45, 7) is 1.53. The molecule has 0 aliphatic rings. The van der Waals surface area contributed by atoms with E-state index in [9.17, 15) is 9.59 Å². The number of anilines is 1. The van der Waals surface area contributed by atoms with Gasteiger partial charge in [0.15, 0.2) is 5.78 Å². The number of carbonyl (C=O) groups is 2. The Morgan fingerprint density at radius 1 is 0.966 bits per heavy atom. The first kappa shape index (κ1) is 22.0. The van der Waals surface area contributed by atoms with E-state index in [2.05, 4.69) is 0 Å². The van der Waals surface area contributed by atoms with Gasteiger partial charge in [-0.25, -0.2) is 0 Å². The van der Waals surface area contributed by atoms with Crippen molar-refractivity contribution in [3.63, 3.8) is 0 Å². The molecule has 29 heavy (non-hydrogen) atoms.